The van der Waals surface area contributed by atoms with E-state index in [-0.39, 0.29) is 6.04 Å². The van der Waals surface area contributed by atoms with Crippen LogP contribution in [0.5, 0.6) is 0 Å². The number of pyridine rings is 1. The van der Waals surface area contributed by atoms with Crippen LogP contribution in [0.15, 0.2) is 42.7 Å². The second kappa shape index (κ2) is 5.55. The van der Waals surface area contributed by atoms with Gasteiger partial charge in [-0.25, -0.2) is 4.98 Å². The minimum Gasteiger partial charge on any atom is -0.320 e. The first-order chi connectivity index (χ1) is 10.2. The fourth-order valence-corrected chi connectivity index (χ4v) is 2.72. The van der Waals surface area contributed by atoms with Crippen molar-refractivity contribution in [2.45, 2.75) is 18.8 Å². The number of rotatable bonds is 3. The van der Waals surface area contributed by atoms with Crippen LogP contribution < -0.4 is 0 Å². The highest BCUT2D eigenvalue weighted by Crippen LogP contribution is 2.27. The van der Waals surface area contributed by atoms with Gasteiger partial charge < -0.3 is 4.57 Å². The molecule has 2 heterocycles. The Morgan fingerprint density at radius 1 is 1.29 bits per heavy atom. The molecule has 1 aromatic carbocycles. The van der Waals surface area contributed by atoms with E-state index in [4.69, 9.17) is 16.9 Å². The van der Waals surface area contributed by atoms with Gasteiger partial charge in [-0.2, -0.15) is 5.26 Å². The summed E-state index contributed by atoms with van der Waals surface area (Å²) in [7, 11) is 0. The third-order valence-corrected chi connectivity index (χ3v) is 3.83. The van der Waals surface area contributed by atoms with Gasteiger partial charge in [0.2, 0.25) is 0 Å². The van der Waals surface area contributed by atoms with E-state index >= 15 is 0 Å². The van der Waals surface area contributed by atoms with Crippen LogP contribution in [0, 0.1) is 11.3 Å². The average Bonchev–Trinajstić information content (AvgIpc) is 2.92. The van der Waals surface area contributed by atoms with Crippen LogP contribution in [-0.2, 0) is 5.88 Å². The van der Waals surface area contributed by atoms with Gasteiger partial charge in [0, 0.05) is 12.4 Å². The summed E-state index contributed by atoms with van der Waals surface area (Å²) >= 11 is 6.05. The fraction of sp³-hybridized carbons (Fsp3) is 0.188. The van der Waals surface area contributed by atoms with Gasteiger partial charge in [0.25, 0.3) is 0 Å². The molecular formula is C16H13ClN4. The van der Waals surface area contributed by atoms with Gasteiger partial charge in [-0.05, 0) is 42.8 Å². The van der Waals surface area contributed by atoms with Crippen LogP contribution in [0.2, 0.25) is 0 Å². The molecule has 0 spiro atoms. The zero-order valence-corrected chi connectivity index (χ0v) is 12.2. The summed E-state index contributed by atoms with van der Waals surface area (Å²) in [6, 6.07) is 11.7. The van der Waals surface area contributed by atoms with E-state index in [0.29, 0.717) is 11.4 Å². The molecule has 0 N–H and O–H groups in total. The van der Waals surface area contributed by atoms with Crippen molar-refractivity contribution in [2.75, 3.05) is 0 Å². The molecule has 2 aromatic heterocycles. The summed E-state index contributed by atoms with van der Waals surface area (Å²) in [4.78, 5) is 8.61. The Balaban J connectivity index is 2.22. The Labute approximate surface area is 127 Å². The molecule has 0 saturated heterocycles. The number of nitriles is 1. The van der Waals surface area contributed by atoms with Gasteiger partial charge in [-0.15, -0.1) is 11.6 Å². The zero-order valence-electron chi connectivity index (χ0n) is 11.5. The zero-order chi connectivity index (χ0) is 14.8. The van der Waals surface area contributed by atoms with Crippen LogP contribution >= 0.6 is 11.6 Å². The van der Waals surface area contributed by atoms with Crippen LogP contribution in [0.4, 0.5) is 0 Å². The molecule has 0 fully saturated rings. The number of aromatic nitrogens is 3. The lowest BCUT2D eigenvalue weighted by Crippen LogP contribution is -2.10. The van der Waals surface area contributed by atoms with E-state index < -0.39 is 0 Å². The first-order valence-electron chi connectivity index (χ1n) is 6.61. The van der Waals surface area contributed by atoms with Crippen molar-refractivity contribution in [3.8, 4) is 6.07 Å². The van der Waals surface area contributed by atoms with Crippen molar-refractivity contribution in [3.05, 3.63) is 59.7 Å². The second-order valence-corrected chi connectivity index (χ2v) is 5.07. The van der Waals surface area contributed by atoms with Gasteiger partial charge in [-0.3, -0.25) is 4.98 Å². The Kier molecular flexibility index (Phi) is 3.59. The highest BCUT2D eigenvalue weighted by atomic mass is 35.5. The lowest BCUT2D eigenvalue weighted by atomic mass is 10.1. The SMILES string of the molecule is CC(c1ccncc1)n1c(CCl)nc2ccc(C#N)cc21. The topological polar surface area (TPSA) is 54.5 Å². The van der Waals surface area contributed by atoms with Gasteiger partial charge >= 0.3 is 0 Å². The van der Waals surface area contributed by atoms with E-state index in [1.54, 1.807) is 18.5 Å². The summed E-state index contributed by atoms with van der Waals surface area (Å²) in [5.41, 5.74) is 3.52. The summed E-state index contributed by atoms with van der Waals surface area (Å²) in [5.74, 6) is 1.12. The molecule has 3 aromatic rings. The van der Waals surface area contributed by atoms with Gasteiger partial charge in [0.05, 0.1) is 34.6 Å². The van der Waals surface area contributed by atoms with E-state index in [1.807, 2.05) is 24.3 Å². The number of imidazole rings is 1. The minimum absolute atomic E-state index is 0.0701. The maximum Gasteiger partial charge on any atom is 0.125 e. The lowest BCUT2D eigenvalue weighted by Gasteiger charge is -2.17. The largest absolute Gasteiger partial charge is 0.320 e. The number of halogens is 1. The summed E-state index contributed by atoms with van der Waals surface area (Å²) < 4.78 is 2.08. The maximum atomic E-state index is 9.09. The van der Waals surface area contributed by atoms with Crippen molar-refractivity contribution in [1.29, 1.82) is 5.26 Å². The van der Waals surface area contributed by atoms with Crippen molar-refractivity contribution < 1.29 is 0 Å². The predicted molar refractivity (Wildman–Crippen MR) is 82.1 cm³/mol. The highest BCUT2D eigenvalue weighted by molar-refractivity contribution is 6.16. The predicted octanol–water partition coefficient (Wildman–Crippen LogP) is 3.65. The summed E-state index contributed by atoms with van der Waals surface area (Å²) in [5, 5.41) is 9.09. The van der Waals surface area contributed by atoms with Gasteiger partial charge in [0.15, 0.2) is 0 Å². The molecule has 1 unspecified atom stereocenters. The molecule has 0 aliphatic heterocycles. The Hall–Kier alpha value is -2.38. The summed E-state index contributed by atoms with van der Waals surface area (Å²) in [6.07, 6.45) is 3.54. The molecule has 0 radical (unpaired) electrons. The molecule has 5 heteroatoms. The van der Waals surface area contributed by atoms with E-state index in [0.717, 1.165) is 22.4 Å². The van der Waals surface area contributed by atoms with Gasteiger partial charge in [0.1, 0.15) is 5.82 Å². The monoisotopic (exact) mass is 296 g/mol. The number of nitrogens with zero attached hydrogens (tertiary/aromatic N) is 4. The minimum atomic E-state index is 0.0701. The molecule has 0 saturated carbocycles. The number of hydrogen-bond donors (Lipinski definition) is 0. The summed E-state index contributed by atoms with van der Waals surface area (Å²) in [6.45, 7) is 2.09. The molecule has 0 amide bonds. The van der Waals surface area contributed by atoms with Crippen LogP contribution in [0.3, 0.4) is 0 Å². The number of hydrogen-bond acceptors (Lipinski definition) is 3. The molecule has 0 bridgehead atoms. The molecule has 0 aliphatic rings. The van der Waals surface area contributed by atoms with Gasteiger partial charge in [-0.1, -0.05) is 0 Å². The third kappa shape index (κ3) is 2.37. The average molecular weight is 297 g/mol. The maximum absolute atomic E-state index is 9.09. The van der Waals surface area contributed by atoms with Crippen LogP contribution in [0.1, 0.15) is 29.9 Å². The number of alkyl halides is 1. The first kappa shape index (κ1) is 13.6. The molecule has 4 nitrogen and oxygen atoms in total. The van der Waals surface area contributed by atoms with Crippen LogP contribution in [-0.4, -0.2) is 14.5 Å². The van der Waals surface area contributed by atoms with Crippen molar-refractivity contribution in [3.63, 3.8) is 0 Å². The smallest absolute Gasteiger partial charge is 0.125 e. The molecular weight excluding hydrogens is 284 g/mol. The normalized spacial score (nSPS) is 12.2. The first-order valence-corrected chi connectivity index (χ1v) is 7.15. The Bertz CT molecular complexity index is 817. The number of benzene rings is 1. The molecule has 3 rings (SSSR count). The van der Waals surface area contributed by atoms with Crippen molar-refractivity contribution in [2.24, 2.45) is 0 Å². The van der Waals surface area contributed by atoms with Crippen molar-refractivity contribution >= 4 is 22.6 Å². The molecule has 21 heavy (non-hydrogen) atoms. The lowest BCUT2D eigenvalue weighted by molar-refractivity contribution is 0.633. The van der Waals surface area contributed by atoms with E-state index in [2.05, 4.69) is 27.5 Å². The standard InChI is InChI=1S/C16H13ClN4/c1-11(13-4-6-19-7-5-13)21-15-8-12(10-18)2-3-14(15)20-16(21)9-17/h2-8,11H,9H2,1H3. The van der Waals surface area contributed by atoms with Crippen molar-refractivity contribution in [1.82, 2.24) is 14.5 Å². The van der Waals surface area contributed by atoms with Crippen LogP contribution in [0.25, 0.3) is 11.0 Å². The highest BCUT2D eigenvalue weighted by Gasteiger charge is 2.17. The van der Waals surface area contributed by atoms with E-state index in [9.17, 15) is 0 Å². The molecule has 1 atom stereocenters. The Morgan fingerprint density at radius 3 is 2.71 bits per heavy atom. The third-order valence-electron chi connectivity index (χ3n) is 3.59. The van der Waals surface area contributed by atoms with E-state index in [1.165, 1.54) is 0 Å². The fourth-order valence-electron chi connectivity index (χ4n) is 2.53. The Morgan fingerprint density at radius 2 is 2.05 bits per heavy atom. The molecule has 0 aliphatic carbocycles. The molecule has 104 valence electrons. The second-order valence-electron chi connectivity index (χ2n) is 4.80. The number of fused-ring (bicyclic) bond motifs is 1. The quantitative estimate of drug-likeness (QED) is 0.693.